The van der Waals surface area contributed by atoms with Crippen molar-refractivity contribution in [2.45, 2.75) is 58.8 Å². The Balaban J connectivity index is 1.63. The van der Waals surface area contributed by atoms with Gasteiger partial charge in [0.15, 0.2) is 5.78 Å². The number of aromatic amines is 1. The van der Waals surface area contributed by atoms with Gasteiger partial charge in [-0.1, -0.05) is 13.8 Å². The van der Waals surface area contributed by atoms with Crippen LogP contribution in [0, 0.1) is 22.2 Å². The van der Waals surface area contributed by atoms with Gasteiger partial charge in [0.1, 0.15) is 0 Å². The van der Waals surface area contributed by atoms with Crippen LogP contribution in [0.2, 0.25) is 0 Å². The Labute approximate surface area is 121 Å². The van der Waals surface area contributed by atoms with Crippen molar-refractivity contribution in [2.75, 3.05) is 0 Å². The van der Waals surface area contributed by atoms with Crippen LogP contribution in [-0.2, 0) is 0 Å². The molecule has 4 aliphatic carbocycles. The van der Waals surface area contributed by atoms with Crippen molar-refractivity contribution >= 4 is 5.78 Å². The minimum absolute atomic E-state index is 0.303. The molecule has 0 saturated heterocycles. The van der Waals surface area contributed by atoms with Gasteiger partial charge in [-0.2, -0.15) is 0 Å². The van der Waals surface area contributed by atoms with E-state index in [1.165, 1.54) is 38.5 Å². The fourth-order valence-corrected chi connectivity index (χ4v) is 6.82. The second-order valence-electron chi connectivity index (χ2n) is 8.83. The standard InChI is InChI=1S/C18H25NO/c1-16-5-13-6-17(2,10-16)12-18(7-13,11-16)8-15(20)14-3-4-19-9-14/h3-4,9,13,19H,5-8,10-12H2,1-2H3. The molecule has 4 fully saturated rings. The lowest BCUT2D eigenvalue weighted by atomic mass is 9.39. The molecule has 2 nitrogen and oxygen atoms in total. The third-order valence-electron chi connectivity index (χ3n) is 6.20. The number of rotatable bonds is 3. The summed E-state index contributed by atoms with van der Waals surface area (Å²) in [5.41, 5.74) is 2.19. The van der Waals surface area contributed by atoms with Crippen molar-refractivity contribution in [3.63, 3.8) is 0 Å². The highest BCUT2D eigenvalue weighted by Gasteiger charge is 2.60. The Morgan fingerprint density at radius 2 is 1.90 bits per heavy atom. The maximum atomic E-state index is 12.6. The van der Waals surface area contributed by atoms with E-state index in [0.717, 1.165) is 17.9 Å². The number of Topliss-reactive ketones (excluding diaryl/α,β-unsaturated/α-hetero) is 1. The quantitative estimate of drug-likeness (QED) is 0.802. The van der Waals surface area contributed by atoms with Crippen LogP contribution in [0.3, 0.4) is 0 Å². The van der Waals surface area contributed by atoms with E-state index < -0.39 is 0 Å². The summed E-state index contributed by atoms with van der Waals surface area (Å²) in [5, 5.41) is 0. The van der Waals surface area contributed by atoms with Crippen LogP contribution >= 0.6 is 0 Å². The average molecular weight is 271 g/mol. The summed E-state index contributed by atoms with van der Waals surface area (Å²) < 4.78 is 0. The number of carbonyl (C=O) groups excluding carboxylic acids is 1. The first-order valence-corrected chi connectivity index (χ1v) is 8.06. The lowest BCUT2D eigenvalue weighted by Crippen LogP contribution is -2.55. The molecule has 2 atom stereocenters. The van der Waals surface area contributed by atoms with Crippen molar-refractivity contribution in [2.24, 2.45) is 22.2 Å². The molecule has 4 aliphatic rings. The molecule has 0 radical (unpaired) electrons. The summed E-state index contributed by atoms with van der Waals surface area (Å²) >= 11 is 0. The fourth-order valence-electron chi connectivity index (χ4n) is 6.82. The third-order valence-corrected chi connectivity index (χ3v) is 6.20. The van der Waals surface area contributed by atoms with Gasteiger partial charge in [0.25, 0.3) is 0 Å². The summed E-state index contributed by atoms with van der Waals surface area (Å²) in [6.45, 7) is 4.95. The van der Waals surface area contributed by atoms with Crippen molar-refractivity contribution in [1.29, 1.82) is 0 Å². The predicted molar refractivity (Wildman–Crippen MR) is 79.6 cm³/mol. The molecular formula is C18H25NO. The SMILES string of the molecule is CC12CC3CC(C)(C1)CC(CC(=O)c1cc[nH]c1)(C3)C2. The van der Waals surface area contributed by atoms with Crippen LogP contribution in [0.25, 0.3) is 0 Å². The molecule has 1 aromatic rings. The summed E-state index contributed by atoms with van der Waals surface area (Å²) in [6, 6.07) is 1.92. The molecule has 2 unspecified atom stereocenters. The van der Waals surface area contributed by atoms with Gasteiger partial charge >= 0.3 is 0 Å². The number of nitrogens with one attached hydrogen (secondary N) is 1. The van der Waals surface area contributed by atoms with Crippen LogP contribution < -0.4 is 0 Å². The zero-order chi connectivity index (χ0) is 14.0. The lowest BCUT2D eigenvalue weighted by Gasteiger charge is -2.65. The Kier molecular flexibility index (Phi) is 2.39. The van der Waals surface area contributed by atoms with Gasteiger partial charge in [0, 0.05) is 24.4 Å². The molecule has 0 spiro atoms. The van der Waals surface area contributed by atoms with E-state index in [1.807, 2.05) is 18.5 Å². The molecular weight excluding hydrogens is 246 g/mol. The van der Waals surface area contributed by atoms with Crippen LogP contribution in [0.4, 0.5) is 0 Å². The van der Waals surface area contributed by atoms with Gasteiger partial charge in [0.05, 0.1) is 0 Å². The number of ketones is 1. The average Bonchev–Trinajstić information content (AvgIpc) is 2.75. The highest BCUT2D eigenvalue weighted by Crippen LogP contribution is 2.70. The first-order chi connectivity index (χ1) is 9.40. The van der Waals surface area contributed by atoms with Crippen LogP contribution in [0.1, 0.15) is 69.2 Å². The van der Waals surface area contributed by atoms with E-state index in [0.29, 0.717) is 22.0 Å². The van der Waals surface area contributed by atoms with Gasteiger partial charge in [-0.05, 0) is 66.8 Å². The number of H-pyrrole nitrogens is 1. The zero-order valence-electron chi connectivity index (χ0n) is 12.7. The molecule has 0 amide bonds. The van der Waals surface area contributed by atoms with Gasteiger partial charge in [0.2, 0.25) is 0 Å². The number of hydrogen-bond donors (Lipinski definition) is 1. The molecule has 4 bridgehead atoms. The first kappa shape index (κ1) is 12.7. The maximum absolute atomic E-state index is 12.6. The maximum Gasteiger partial charge on any atom is 0.164 e. The topological polar surface area (TPSA) is 32.9 Å². The molecule has 4 saturated carbocycles. The molecule has 0 aliphatic heterocycles. The van der Waals surface area contributed by atoms with Gasteiger partial charge < -0.3 is 4.98 Å². The minimum atomic E-state index is 0.303. The van der Waals surface area contributed by atoms with Gasteiger partial charge in [-0.25, -0.2) is 0 Å². The Morgan fingerprint density at radius 3 is 2.45 bits per heavy atom. The molecule has 20 heavy (non-hydrogen) atoms. The molecule has 1 heterocycles. The molecule has 1 N–H and O–H groups in total. The first-order valence-electron chi connectivity index (χ1n) is 8.06. The molecule has 0 aromatic carbocycles. The second kappa shape index (κ2) is 3.78. The minimum Gasteiger partial charge on any atom is -0.367 e. The normalized spacial score (nSPS) is 45.8. The third kappa shape index (κ3) is 1.88. The van der Waals surface area contributed by atoms with Crippen molar-refractivity contribution in [3.8, 4) is 0 Å². The zero-order valence-corrected chi connectivity index (χ0v) is 12.7. The molecule has 1 aromatic heterocycles. The molecule has 2 heteroatoms. The summed E-state index contributed by atoms with van der Waals surface area (Å²) in [6.07, 6.45) is 12.5. The van der Waals surface area contributed by atoms with E-state index in [1.54, 1.807) is 0 Å². The van der Waals surface area contributed by atoms with Crippen molar-refractivity contribution < 1.29 is 4.79 Å². The van der Waals surface area contributed by atoms with E-state index in [-0.39, 0.29) is 0 Å². The second-order valence-corrected chi connectivity index (χ2v) is 8.83. The van der Waals surface area contributed by atoms with Gasteiger partial charge in [-0.15, -0.1) is 0 Å². The number of carbonyl (C=O) groups is 1. The largest absolute Gasteiger partial charge is 0.367 e. The number of aromatic nitrogens is 1. The summed E-state index contributed by atoms with van der Waals surface area (Å²) in [4.78, 5) is 15.6. The predicted octanol–water partition coefficient (Wildman–Crippen LogP) is 4.58. The van der Waals surface area contributed by atoms with Crippen LogP contribution in [0.15, 0.2) is 18.5 Å². The summed E-state index contributed by atoms with van der Waals surface area (Å²) in [7, 11) is 0. The smallest absolute Gasteiger partial charge is 0.164 e. The van der Waals surface area contributed by atoms with E-state index in [4.69, 9.17) is 0 Å². The van der Waals surface area contributed by atoms with Gasteiger partial charge in [-0.3, -0.25) is 4.79 Å². The molecule has 5 rings (SSSR count). The Bertz CT molecular complexity index is 526. The van der Waals surface area contributed by atoms with Crippen LogP contribution in [-0.4, -0.2) is 10.8 Å². The van der Waals surface area contributed by atoms with E-state index in [2.05, 4.69) is 18.8 Å². The van der Waals surface area contributed by atoms with Crippen molar-refractivity contribution in [3.05, 3.63) is 24.0 Å². The van der Waals surface area contributed by atoms with E-state index >= 15 is 0 Å². The monoisotopic (exact) mass is 271 g/mol. The summed E-state index contributed by atoms with van der Waals surface area (Å²) in [5.74, 6) is 1.22. The Hall–Kier alpha value is -1.05. The van der Waals surface area contributed by atoms with E-state index in [9.17, 15) is 4.79 Å². The number of hydrogen-bond acceptors (Lipinski definition) is 1. The fraction of sp³-hybridized carbons (Fsp3) is 0.722. The molecule has 108 valence electrons. The highest BCUT2D eigenvalue weighted by molar-refractivity contribution is 5.96. The Morgan fingerprint density at radius 1 is 1.20 bits per heavy atom. The lowest BCUT2D eigenvalue weighted by molar-refractivity contribution is -0.143. The van der Waals surface area contributed by atoms with Crippen molar-refractivity contribution in [1.82, 2.24) is 4.98 Å². The van der Waals surface area contributed by atoms with Crippen LogP contribution in [0.5, 0.6) is 0 Å². The highest BCUT2D eigenvalue weighted by atomic mass is 16.1.